The van der Waals surface area contributed by atoms with Gasteiger partial charge in [-0.3, -0.25) is 4.79 Å². The average molecular weight is 377 g/mol. The topological polar surface area (TPSA) is 66.5 Å². The predicted octanol–water partition coefficient (Wildman–Crippen LogP) is 2.85. The maximum absolute atomic E-state index is 12.6. The number of amides is 1. The average Bonchev–Trinajstić information content (AvgIpc) is 2.67. The van der Waals surface area contributed by atoms with Crippen molar-refractivity contribution in [3.63, 3.8) is 0 Å². The Labute approximate surface area is 156 Å². The van der Waals surface area contributed by atoms with Gasteiger partial charge in [0.15, 0.2) is 0 Å². The first kappa shape index (κ1) is 19.1. The number of allylic oxidation sites excluding steroid dienone is 1. The third-order valence-corrected chi connectivity index (χ3v) is 7.13. The Morgan fingerprint density at radius 2 is 1.85 bits per heavy atom. The number of nitrogens with zero attached hydrogens (tertiary/aromatic N) is 1. The fourth-order valence-electron chi connectivity index (χ4n) is 3.68. The summed E-state index contributed by atoms with van der Waals surface area (Å²) in [6.07, 6.45) is 8.08. The Hall–Kier alpha value is -1.66. The lowest BCUT2D eigenvalue weighted by atomic mass is 9.96. The molecule has 1 fully saturated rings. The van der Waals surface area contributed by atoms with Gasteiger partial charge in [-0.2, -0.15) is 0 Å². The highest BCUT2D eigenvalue weighted by Gasteiger charge is 2.31. The van der Waals surface area contributed by atoms with E-state index in [0.717, 1.165) is 18.4 Å². The second-order valence-electron chi connectivity index (χ2n) is 7.24. The van der Waals surface area contributed by atoms with Gasteiger partial charge in [0.2, 0.25) is 15.9 Å². The lowest BCUT2D eigenvalue weighted by Crippen LogP contribution is -2.43. The van der Waals surface area contributed by atoms with Crippen molar-refractivity contribution in [2.75, 3.05) is 19.6 Å². The van der Waals surface area contributed by atoms with Crippen molar-refractivity contribution < 1.29 is 13.2 Å². The molecule has 1 amide bonds. The van der Waals surface area contributed by atoms with Crippen LogP contribution in [-0.2, 0) is 20.6 Å². The summed E-state index contributed by atoms with van der Waals surface area (Å²) >= 11 is 0. The van der Waals surface area contributed by atoms with Gasteiger partial charge in [0, 0.05) is 25.6 Å². The van der Waals surface area contributed by atoms with Gasteiger partial charge in [0.25, 0.3) is 0 Å². The number of benzene rings is 1. The molecular weight excluding hydrogens is 348 g/mol. The number of hydrogen-bond donors (Lipinski definition) is 1. The summed E-state index contributed by atoms with van der Waals surface area (Å²) < 4.78 is 26.7. The van der Waals surface area contributed by atoms with Crippen LogP contribution in [0.3, 0.4) is 0 Å². The molecule has 1 heterocycles. The predicted molar refractivity (Wildman–Crippen MR) is 103 cm³/mol. The SMILES string of the molecule is O=C(NCC1=CCCCC1)C1CCN(S(=O)(=O)Cc2ccccc2)CC1. The molecule has 3 rings (SSSR count). The number of carbonyl (C=O) groups excluding carboxylic acids is 1. The van der Waals surface area contributed by atoms with Crippen molar-refractivity contribution in [2.24, 2.45) is 5.92 Å². The van der Waals surface area contributed by atoms with E-state index in [1.54, 1.807) is 0 Å². The molecular formula is C20H28N2O3S. The van der Waals surface area contributed by atoms with E-state index in [4.69, 9.17) is 0 Å². The van der Waals surface area contributed by atoms with Gasteiger partial charge in [-0.15, -0.1) is 0 Å². The van der Waals surface area contributed by atoms with Crippen LogP contribution in [-0.4, -0.2) is 38.3 Å². The van der Waals surface area contributed by atoms with Gasteiger partial charge in [0.05, 0.1) is 5.75 Å². The molecule has 0 atom stereocenters. The Morgan fingerprint density at radius 3 is 2.50 bits per heavy atom. The van der Waals surface area contributed by atoms with Crippen LogP contribution >= 0.6 is 0 Å². The molecule has 1 aromatic rings. The van der Waals surface area contributed by atoms with E-state index in [2.05, 4.69) is 11.4 Å². The summed E-state index contributed by atoms with van der Waals surface area (Å²) in [5.41, 5.74) is 2.13. The number of carbonyl (C=O) groups is 1. The molecule has 1 aliphatic heterocycles. The first-order chi connectivity index (χ1) is 12.5. The number of sulfonamides is 1. The highest BCUT2D eigenvalue weighted by atomic mass is 32.2. The zero-order valence-corrected chi connectivity index (χ0v) is 16.0. The van der Waals surface area contributed by atoms with Crippen LogP contribution in [0.4, 0.5) is 0 Å². The van der Waals surface area contributed by atoms with Crippen LogP contribution in [0.1, 0.15) is 44.1 Å². The number of nitrogens with one attached hydrogen (secondary N) is 1. The highest BCUT2D eigenvalue weighted by molar-refractivity contribution is 7.88. The zero-order valence-electron chi connectivity index (χ0n) is 15.2. The van der Waals surface area contributed by atoms with Gasteiger partial charge in [-0.25, -0.2) is 12.7 Å². The summed E-state index contributed by atoms with van der Waals surface area (Å²) in [6.45, 7) is 1.50. The van der Waals surface area contributed by atoms with Crippen molar-refractivity contribution in [1.29, 1.82) is 0 Å². The third-order valence-electron chi connectivity index (χ3n) is 5.28. The van der Waals surface area contributed by atoms with Gasteiger partial charge in [-0.05, 0) is 44.1 Å². The summed E-state index contributed by atoms with van der Waals surface area (Å²) in [7, 11) is -3.32. The second-order valence-corrected chi connectivity index (χ2v) is 9.21. The van der Waals surface area contributed by atoms with Gasteiger partial charge in [-0.1, -0.05) is 42.0 Å². The maximum atomic E-state index is 12.6. The Balaban J connectivity index is 1.47. The minimum absolute atomic E-state index is 0.0266. The normalized spacial score (nSPS) is 19.8. The molecule has 2 aliphatic rings. The van der Waals surface area contributed by atoms with Crippen LogP contribution in [0, 0.1) is 5.92 Å². The molecule has 26 heavy (non-hydrogen) atoms. The molecule has 142 valence electrons. The first-order valence-electron chi connectivity index (χ1n) is 9.52. The van der Waals surface area contributed by atoms with Crippen LogP contribution in [0.15, 0.2) is 42.0 Å². The van der Waals surface area contributed by atoms with Crippen LogP contribution < -0.4 is 5.32 Å². The highest BCUT2D eigenvalue weighted by Crippen LogP contribution is 2.22. The Kier molecular flexibility index (Phi) is 6.48. The molecule has 0 saturated carbocycles. The van der Waals surface area contributed by atoms with E-state index in [9.17, 15) is 13.2 Å². The molecule has 0 unspecified atom stereocenters. The fourth-order valence-corrected chi connectivity index (χ4v) is 5.25. The molecule has 0 bridgehead atoms. The van der Waals surface area contributed by atoms with E-state index >= 15 is 0 Å². The molecule has 1 N–H and O–H groups in total. The second kappa shape index (κ2) is 8.82. The largest absolute Gasteiger partial charge is 0.352 e. The van der Waals surface area contributed by atoms with Gasteiger partial charge in [0.1, 0.15) is 0 Å². The van der Waals surface area contributed by atoms with Crippen molar-refractivity contribution in [1.82, 2.24) is 9.62 Å². The molecule has 0 radical (unpaired) electrons. The molecule has 1 aromatic carbocycles. The number of rotatable bonds is 6. The molecule has 6 heteroatoms. The van der Waals surface area contributed by atoms with Crippen molar-refractivity contribution in [3.8, 4) is 0 Å². The van der Waals surface area contributed by atoms with E-state index in [1.807, 2.05) is 30.3 Å². The quantitative estimate of drug-likeness (QED) is 0.777. The lowest BCUT2D eigenvalue weighted by Gasteiger charge is -2.30. The molecule has 0 aromatic heterocycles. The van der Waals surface area contributed by atoms with Crippen molar-refractivity contribution in [3.05, 3.63) is 47.5 Å². The monoisotopic (exact) mass is 376 g/mol. The summed E-state index contributed by atoms with van der Waals surface area (Å²) in [6, 6.07) is 9.24. The molecule has 1 saturated heterocycles. The minimum atomic E-state index is -3.32. The van der Waals surface area contributed by atoms with Crippen LogP contribution in [0.5, 0.6) is 0 Å². The third kappa shape index (κ3) is 5.17. The van der Waals surface area contributed by atoms with Crippen LogP contribution in [0.2, 0.25) is 0 Å². The van der Waals surface area contributed by atoms with E-state index in [-0.39, 0.29) is 17.6 Å². The zero-order chi connectivity index (χ0) is 18.4. The maximum Gasteiger partial charge on any atom is 0.223 e. The standard InChI is InChI=1S/C20H28N2O3S/c23-20(21-15-17-7-3-1-4-8-17)19-11-13-22(14-12-19)26(24,25)16-18-9-5-2-6-10-18/h2,5-7,9-10,19H,1,3-4,8,11-16H2,(H,21,23). The van der Waals surface area contributed by atoms with E-state index in [0.29, 0.717) is 32.5 Å². The Morgan fingerprint density at radius 1 is 1.12 bits per heavy atom. The molecule has 5 nitrogen and oxygen atoms in total. The van der Waals surface area contributed by atoms with Crippen molar-refractivity contribution >= 4 is 15.9 Å². The minimum Gasteiger partial charge on any atom is -0.352 e. The van der Waals surface area contributed by atoms with E-state index in [1.165, 1.54) is 22.7 Å². The summed E-state index contributed by atoms with van der Waals surface area (Å²) in [5.74, 6) is 0.0118. The van der Waals surface area contributed by atoms with E-state index < -0.39 is 10.0 Å². The van der Waals surface area contributed by atoms with Crippen LogP contribution in [0.25, 0.3) is 0 Å². The Bertz CT molecular complexity index is 736. The van der Waals surface area contributed by atoms with Crippen molar-refractivity contribution in [2.45, 2.75) is 44.3 Å². The van der Waals surface area contributed by atoms with Gasteiger partial charge < -0.3 is 5.32 Å². The molecule has 0 spiro atoms. The van der Waals surface area contributed by atoms with Gasteiger partial charge >= 0.3 is 0 Å². The lowest BCUT2D eigenvalue weighted by molar-refractivity contribution is -0.125. The smallest absolute Gasteiger partial charge is 0.223 e. The fraction of sp³-hybridized carbons (Fsp3) is 0.550. The first-order valence-corrected chi connectivity index (χ1v) is 11.1. The molecule has 1 aliphatic carbocycles. The summed E-state index contributed by atoms with van der Waals surface area (Å²) in [4.78, 5) is 12.4. The number of hydrogen-bond acceptors (Lipinski definition) is 3. The summed E-state index contributed by atoms with van der Waals surface area (Å²) in [5, 5.41) is 3.04. The number of piperidine rings is 1.